The van der Waals surface area contributed by atoms with E-state index in [1.807, 2.05) is 6.92 Å². The van der Waals surface area contributed by atoms with Crippen LogP contribution in [0, 0.1) is 13.8 Å². The van der Waals surface area contributed by atoms with Crippen molar-refractivity contribution in [3.05, 3.63) is 35.2 Å². The fourth-order valence-corrected chi connectivity index (χ4v) is 2.61. The standard InChI is InChI=1S/C20H25N3O6/c1-11-19(12(2)23(5)22-11)21-20(26)14(4)29-18(25)10-28-16-8-7-15(13(3)24)9-17(16)27-6/h7-9,14H,10H2,1-6H3,(H,21,26)/t14-/m1/s1. The number of carbonyl (C=O) groups is 3. The third-order valence-electron chi connectivity index (χ3n) is 4.35. The molecule has 29 heavy (non-hydrogen) atoms. The highest BCUT2D eigenvalue weighted by Gasteiger charge is 2.21. The first-order chi connectivity index (χ1) is 13.6. The lowest BCUT2D eigenvalue weighted by molar-refractivity contribution is -0.155. The number of hydrogen-bond acceptors (Lipinski definition) is 7. The maximum Gasteiger partial charge on any atom is 0.344 e. The average molecular weight is 403 g/mol. The molecule has 2 rings (SSSR count). The van der Waals surface area contributed by atoms with E-state index in [-0.39, 0.29) is 11.5 Å². The second kappa shape index (κ2) is 9.22. The minimum atomic E-state index is -1.02. The zero-order chi connectivity index (χ0) is 21.7. The van der Waals surface area contributed by atoms with Crippen LogP contribution >= 0.6 is 0 Å². The summed E-state index contributed by atoms with van der Waals surface area (Å²) in [5, 5.41) is 6.94. The number of anilines is 1. The maximum atomic E-state index is 12.3. The highest BCUT2D eigenvalue weighted by atomic mass is 16.6. The highest BCUT2D eigenvalue weighted by molar-refractivity contribution is 5.96. The molecule has 1 amide bonds. The molecule has 0 bridgehead atoms. The number of Topliss-reactive ketones (excluding diaryl/α,β-unsaturated/α-hetero) is 1. The van der Waals surface area contributed by atoms with Crippen LogP contribution in [0.4, 0.5) is 5.69 Å². The van der Waals surface area contributed by atoms with Crippen LogP contribution in [0.2, 0.25) is 0 Å². The molecule has 0 fully saturated rings. The molecule has 9 nitrogen and oxygen atoms in total. The number of aromatic nitrogens is 2. The molecular weight excluding hydrogens is 378 g/mol. The number of aryl methyl sites for hydroxylation is 2. The lowest BCUT2D eigenvalue weighted by atomic mass is 10.1. The summed E-state index contributed by atoms with van der Waals surface area (Å²) in [4.78, 5) is 35.8. The van der Waals surface area contributed by atoms with Gasteiger partial charge in [0.1, 0.15) is 0 Å². The summed E-state index contributed by atoms with van der Waals surface area (Å²) in [7, 11) is 3.20. The summed E-state index contributed by atoms with van der Waals surface area (Å²) < 4.78 is 17.4. The molecule has 0 spiro atoms. The first-order valence-corrected chi connectivity index (χ1v) is 8.96. The third-order valence-corrected chi connectivity index (χ3v) is 4.35. The minimum Gasteiger partial charge on any atom is -0.493 e. The second-order valence-corrected chi connectivity index (χ2v) is 6.50. The van der Waals surface area contributed by atoms with Gasteiger partial charge in [0.15, 0.2) is 30.0 Å². The van der Waals surface area contributed by atoms with E-state index in [1.54, 1.807) is 24.7 Å². The Morgan fingerprint density at radius 1 is 1.21 bits per heavy atom. The molecule has 2 aromatic rings. The molecular formula is C20H25N3O6. The van der Waals surface area contributed by atoms with Crippen LogP contribution < -0.4 is 14.8 Å². The number of nitrogens with one attached hydrogen (secondary N) is 1. The molecule has 0 radical (unpaired) electrons. The van der Waals surface area contributed by atoms with E-state index in [9.17, 15) is 14.4 Å². The molecule has 156 valence electrons. The van der Waals surface area contributed by atoms with Gasteiger partial charge in [0.25, 0.3) is 5.91 Å². The van der Waals surface area contributed by atoms with Crippen LogP contribution in [-0.2, 0) is 21.4 Å². The molecule has 1 atom stereocenters. The largest absolute Gasteiger partial charge is 0.493 e. The molecule has 0 unspecified atom stereocenters. The molecule has 0 saturated carbocycles. The van der Waals surface area contributed by atoms with Gasteiger partial charge in [0.05, 0.1) is 24.2 Å². The van der Waals surface area contributed by atoms with Gasteiger partial charge in [-0.3, -0.25) is 14.3 Å². The topological polar surface area (TPSA) is 109 Å². The summed E-state index contributed by atoms with van der Waals surface area (Å²) in [5.74, 6) is -0.703. The fraction of sp³-hybridized carbons (Fsp3) is 0.400. The zero-order valence-corrected chi connectivity index (χ0v) is 17.4. The second-order valence-electron chi connectivity index (χ2n) is 6.50. The Morgan fingerprint density at radius 3 is 2.45 bits per heavy atom. The number of ether oxygens (including phenoxy) is 3. The number of methoxy groups -OCH3 is 1. The smallest absolute Gasteiger partial charge is 0.344 e. The van der Waals surface area contributed by atoms with E-state index >= 15 is 0 Å². The van der Waals surface area contributed by atoms with Crippen molar-refractivity contribution >= 4 is 23.3 Å². The zero-order valence-electron chi connectivity index (χ0n) is 17.4. The van der Waals surface area contributed by atoms with Crippen LogP contribution in [0.5, 0.6) is 11.5 Å². The molecule has 0 saturated heterocycles. The number of esters is 1. The van der Waals surface area contributed by atoms with E-state index in [0.717, 1.165) is 5.69 Å². The van der Waals surface area contributed by atoms with Gasteiger partial charge in [-0.05, 0) is 45.9 Å². The summed E-state index contributed by atoms with van der Waals surface area (Å²) >= 11 is 0. The predicted molar refractivity (Wildman–Crippen MR) is 105 cm³/mol. The molecule has 0 aliphatic carbocycles. The first kappa shape index (κ1) is 21.9. The van der Waals surface area contributed by atoms with Crippen molar-refractivity contribution in [3.63, 3.8) is 0 Å². The number of amides is 1. The van der Waals surface area contributed by atoms with Gasteiger partial charge < -0.3 is 19.5 Å². The van der Waals surface area contributed by atoms with Gasteiger partial charge >= 0.3 is 5.97 Å². The summed E-state index contributed by atoms with van der Waals surface area (Å²) in [6, 6.07) is 4.63. The molecule has 1 aromatic carbocycles. The molecule has 0 aliphatic heterocycles. The monoisotopic (exact) mass is 403 g/mol. The van der Waals surface area contributed by atoms with Gasteiger partial charge in [0, 0.05) is 12.6 Å². The predicted octanol–water partition coefficient (Wildman–Crippen LogP) is 2.20. The third kappa shape index (κ3) is 5.34. The van der Waals surface area contributed by atoms with Crippen molar-refractivity contribution in [1.82, 2.24) is 9.78 Å². The number of carbonyl (C=O) groups excluding carboxylic acids is 3. The summed E-state index contributed by atoms with van der Waals surface area (Å²) in [5.41, 5.74) is 2.51. The van der Waals surface area contributed by atoms with Crippen LogP contribution in [0.3, 0.4) is 0 Å². The molecule has 0 aliphatic rings. The van der Waals surface area contributed by atoms with Crippen LogP contribution in [0.15, 0.2) is 18.2 Å². The van der Waals surface area contributed by atoms with Gasteiger partial charge in [-0.15, -0.1) is 0 Å². The van der Waals surface area contributed by atoms with Crippen molar-refractivity contribution in [1.29, 1.82) is 0 Å². The van der Waals surface area contributed by atoms with Crippen molar-refractivity contribution in [2.24, 2.45) is 7.05 Å². The number of rotatable bonds is 8. The Bertz CT molecular complexity index is 935. The van der Waals surface area contributed by atoms with E-state index in [4.69, 9.17) is 14.2 Å². The normalized spacial score (nSPS) is 11.5. The van der Waals surface area contributed by atoms with Crippen molar-refractivity contribution < 1.29 is 28.6 Å². The first-order valence-electron chi connectivity index (χ1n) is 8.96. The van der Waals surface area contributed by atoms with E-state index < -0.39 is 24.6 Å². The SMILES string of the molecule is COc1cc(C(C)=O)ccc1OCC(=O)O[C@H](C)C(=O)Nc1c(C)nn(C)c1C. The van der Waals surface area contributed by atoms with Crippen molar-refractivity contribution in [3.8, 4) is 11.5 Å². The Labute approximate surface area is 168 Å². The Kier molecular flexibility index (Phi) is 6.98. The quantitative estimate of drug-likeness (QED) is 0.532. The van der Waals surface area contributed by atoms with Crippen LogP contribution in [-0.4, -0.2) is 47.3 Å². The number of ketones is 1. The molecule has 1 aromatic heterocycles. The van der Waals surface area contributed by atoms with Crippen molar-refractivity contribution in [2.45, 2.75) is 33.8 Å². The Hall–Kier alpha value is -3.36. The lowest BCUT2D eigenvalue weighted by Gasteiger charge is -2.15. The molecule has 1 heterocycles. The number of benzene rings is 1. The van der Waals surface area contributed by atoms with Crippen LogP contribution in [0.25, 0.3) is 0 Å². The maximum absolute atomic E-state index is 12.3. The van der Waals surface area contributed by atoms with Crippen LogP contribution in [0.1, 0.15) is 35.6 Å². The highest BCUT2D eigenvalue weighted by Crippen LogP contribution is 2.28. The van der Waals surface area contributed by atoms with Gasteiger partial charge in [-0.2, -0.15) is 5.10 Å². The summed E-state index contributed by atoms with van der Waals surface area (Å²) in [6.07, 6.45) is -1.02. The Morgan fingerprint density at radius 2 is 1.90 bits per heavy atom. The molecule has 1 N–H and O–H groups in total. The van der Waals surface area contributed by atoms with E-state index in [0.29, 0.717) is 22.7 Å². The van der Waals surface area contributed by atoms with E-state index in [2.05, 4.69) is 10.4 Å². The van der Waals surface area contributed by atoms with Crippen molar-refractivity contribution in [2.75, 3.05) is 19.0 Å². The van der Waals surface area contributed by atoms with Gasteiger partial charge in [0.2, 0.25) is 0 Å². The fourth-order valence-electron chi connectivity index (χ4n) is 2.61. The van der Waals surface area contributed by atoms with E-state index in [1.165, 1.54) is 33.1 Å². The minimum absolute atomic E-state index is 0.117. The lowest BCUT2D eigenvalue weighted by Crippen LogP contribution is -2.32. The number of hydrogen-bond donors (Lipinski definition) is 1. The number of nitrogens with zero attached hydrogens (tertiary/aromatic N) is 2. The summed E-state index contributed by atoms with van der Waals surface area (Å²) in [6.45, 7) is 6.09. The van der Waals surface area contributed by atoms with Gasteiger partial charge in [-0.25, -0.2) is 4.79 Å². The van der Waals surface area contributed by atoms with Gasteiger partial charge in [-0.1, -0.05) is 0 Å². The Balaban J connectivity index is 1.93. The molecule has 9 heteroatoms. The average Bonchev–Trinajstić information content (AvgIpc) is 2.91.